The first kappa shape index (κ1) is 17.8. The van der Waals surface area contributed by atoms with E-state index in [1.165, 1.54) is 25.8 Å². The number of hydrogen-bond donors (Lipinski definition) is 1. The van der Waals surface area contributed by atoms with Crippen molar-refractivity contribution in [2.24, 2.45) is 16.8 Å². The summed E-state index contributed by atoms with van der Waals surface area (Å²) in [7, 11) is 0. The molecule has 0 aromatic carbocycles. The number of rotatable bonds is 8. The number of aryl methyl sites for hydroxylation is 1. The molecule has 23 heavy (non-hydrogen) atoms. The van der Waals surface area contributed by atoms with Crippen LogP contribution in [-0.2, 0) is 6.54 Å². The monoisotopic (exact) mass is 319 g/mol. The Bertz CT molecular complexity index is 450. The zero-order chi connectivity index (χ0) is 16.5. The second kappa shape index (κ2) is 9.58. The van der Waals surface area contributed by atoms with E-state index >= 15 is 0 Å². The van der Waals surface area contributed by atoms with Crippen molar-refractivity contribution in [2.75, 3.05) is 26.2 Å². The van der Waals surface area contributed by atoms with Crippen molar-refractivity contribution in [1.29, 1.82) is 0 Å². The molecule has 2 rings (SSSR count). The molecule has 5 heteroatoms. The summed E-state index contributed by atoms with van der Waals surface area (Å²) in [6, 6.07) is 0. The Morgan fingerprint density at radius 2 is 2.17 bits per heavy atom. The Morgan fingerprint density at radius 3 is 2.83 bits per heavy atom. The SMILES string of the molecule is CCNC(=NCCCn1ccnc1)N1CCC(C(CC)CC)C1. The molecule has 0 amide bonds. The Labute approximate surface area is 141 Å². The summed E-state index contributed by atoms with van der Waals surface area (Å²) in [5.41, 5.74) is 0. The average Bonchev–Trinajstić information content (AvgIpc) is 3.23. The van der Waals surface area contributed by atoms with Crippen LogP contribution in [0.3, 0.4) is 0 Å². The highest BCUT2D eigenvalue weighted by atomic mass is 15.3. The Kier molecular flexibility index (Phi) is 7.43. The van der Waals surface area contributed by atoms with Gasteiger partial charge in [0, 0.05) is 45.1 Å². The van der Waals surface area contributed by atoms with Crippen LogP contribution in [0.1, 0.15) is 46.5 Å². The Balaban J connectivity index is 1.83. The topological polar surface area (TPSA) is 45.5 Å². The fourth-order valence-corrected chi connectivity index (χ4v) is 3.60. The predicted octanol–water partition coefficient (Wildman–Crippen LogP) is 3.00. The smallest absolute Gasteiger partial charge is 0.193 e. The molecule has 0 radical (unpaired) electrons. The number of nitrogens with one attached hydrogen (secondary N) is 1. The van der Waals surface area contributed by atoms with Crippen LogP contribution in [0.15, 0.2) is 23.7 Å². The van der Waals surface area contributed by atoms with Gasteiger partial charge in [-0.1, -0.05) is 26.7 Å². The third-order valence-corrected chi connectivity index (χ3v) is 4.97. The minimum Gasteiger partial charge on any atom is -0.357 e. The van der Waals surface area contributed by atoms with Gasteiger partial charge in [0.05, 0.1) is 6.33 Å². The van der Waals surface area contributed by atoms with E-state index in [-0.39, 0.29) is 0 Å². The molecule has 1 fully saturated rings. The number of imidazole rings is 1. The highest BCUT2D eigenvalue weighted by Crippen LogP contribution is 2.28. The van der Waals surface area contributed by atoms with Crippen molar-refractivity contribution in [2.45, 2.75) is 53.0 Å². The normalized spacial score (nSPS) is 18.9. The number of aliphatic imine (C=N–C) groups is 1. The van der Waals surface area contributed by atoms with Crippen LogP contribution in [0.2, 0.25) is 0 Å². The van der Waals surface area contributed by atoms with Crippen LogP contribution in [0.5, 0.6) is 0 Å². The van der Waals surface area contributed by atoms with Gasteiger partial charge < -0.3 is 14.8 Å². The molecule has 130 valence electrons. The van der Waals surface area contributed by atoms with E-state index in [0.717, 1.165) is 50.4 Å². The van der Waals surface area contributed by atoms with Crippen LogP contribution >= 0.6 is 0 Å². The number of hydrogen-bond acceptors (Lipinski definition) is 2. The van der Waals surface area contributed by atoms with Crippen molar-refractivity contribution < 1.29 is 0 Å². The molecular formula is C18H33N5. The first-order valence-corrected chi connectivity index (χ1v) is 9.27. The molecule has 1 aromatic rings. The van der Waals surface area contributed by atoms with E-state index in [4.69, 9.17) is 4.99 Å². The van der Waals surface area contributed by atoms with Gasteiger partial charge in [-0.15, -0.1) is 0 Å². The van der Waals surface area contributed by atoms with Crippen molar-refractivity contribution in [3.05, 3.63) is 18.7 Å². The molecule has 1 aliphatic rings. The number of nitrogens with zero attached hydrogens (tertiary/aromatic N) is 4. The fourth-order valence-electron chi connectivity index (χ4n) is 3.60. The quantitative estimate of drug-likeness (QED) is 0.455. The lowest BCUT2D eigenvalue weighted by Crippen LogP contribution is -2.40. The van der Waals surface area contributed by atoms with E-state index < -0.39 is 0 Å². The molecule has 1 saturated heterocycles. The molecule has 0 bridgehead atoms. The predicted molar refractivity (Wildman–Crippen MR) is 96.6 cm³/mol. The van der Waals surface area contributed by atoms with Crippen molar-refractivity contribution in [3.8, 4) is 0 Å². The van der Waals surface area contributed by atoms with Crippen LogP contribution in [-0.4, -0.2) is 46.6 Å². The summed E-state index contributed by atoms with van der Waals surface area (Å²) in [5.74, 6) is 2.80. The second-order valence-corrected chi connectivity index (χ2v) is 6.46. The van der Waals surface area contributed by atoms with E-state index in [0.29, 0.717) is 0 Å². The molecular weight excluding hydrogens is 286 g/mol. The summed E-state index contributed by atoms with van der Waals surface area (Å²) in [4.78, 5) is 11.4. The minimum absolute atomic E-state index is 0.833. The molecule has 0 spiro atoms. The standard InChI is InChI=1S/C18H33N5/c1-4-16(5-2)17-8-12-23(14-17)18(20-6-3)21-9-7-11-22-13-10-19-15-22/h10,13,15-17H,4-9,11-12,14H2,1-3H3,(H,20,21). The summed E-state index contributed by atoms with van der Waals surface area (Å²) in [6.45, 7) is 11.9. The third-order valence-electron chi connectivity index (χ3n) is 4.97. The van der Waals surface area contributed by atoms with Crippen molar-refractivity contribution >= 4 is 5.96 Å². The molecule has 2 heterocycles. The lowest BCUT2D eigenvalue weighted by molar-refractivity contribution is 0.319. The third kappa shape index (κ3) is 5.26. The van der Waals surface area contributed by atoms with Gasteiger partial charge in [-0.3, -0.25) is 4.99 Å². The largest absolute Gasteiger partial charge is 0.357 e. The average molecular weight is 319 g/mol. The molecule has 1 aromatic heterocycles. The Hall–Kier alpha value is -1.52. The first-order valence-electron chi connectivity index (χ1n) is 9.27. The zero-order valence-electron chi connectivity index (χ0n) is 15.0. The minimum atomic E-state index is 0.833. The van der Waals surface area contributed by atoms with Crippen LogP contribution in [0, 0.1) is 11.8 Å². The second-order valence-electron chi connectivity index (χ2n) is 6.46. The molecule has 5 nitrogen and oxygen atoms in total. The van der Waals surface area contributed by atoms with Gasteiger partial charge in [0.15, 0.2) is 5.96 Å². The Morgan fingerprint density at radius 1 is 1.35 bits per heavy atom. The van der Waals surface area contributed by atoms with Crippen LogP contribution in [0.25, 0.3) is 0 Å². The maximum Gasteiger partial charge on any atom is 0.193 e. The molecule has 1 atom stereocenters. The summed E-state index contributed by atoms with van der Waals surface area (Å²) in [6.07, 6.45) is 10.7. The van der Waals surface area contributed by atoms with Gasteiger partial charge >= 0.3 is 0 Å². The van der Waals surface area contributed by atoms with Gasteiger partial charge in [0.1, 0.15) is 0 Å². The molecule has 0 saturated carbocycles. The van der Waals surface area contributed by atoms with E-state index in [2.05, 4.69) is 40.5 Å². The summed E-state index contributed by atoms with van der Waals surface area (Å²) >= 11 is 0. The van der Waals surface area contributed by atoms with Crippen LogP contribution < -0.4 is 5.32 Å². The highest BCUT2D eigenvalue weighted by molar-refractivity contribution is 5.80. The van der Waals surface area contributed by atoms with Crippen LogP contribution in [0.4, 0.5) is 0 Å². The van der Waals surface area contributed by atoms with Gasteiger partial charge in [-0.2, -0.15) is 0 Å². The number of likely N-dealkylation sites (tertiary alicyclic amines) is 1. The zero-order valence-corrected chi connectivity index (χ0v) is 15.0. The van der Waals surface area contributed by atoms with Gasteiger partial charge in [-0.25, -0.2) is 4.98 Å². The first-order chi connectivity index (χ1) is 11.3. The molecule has 0 aliphatic carbocycles. The maximum atomic E-state index is 4.84. The van der Waals surface area contributed by atoms with E-state index in [9.17, 15) is 0 Å². The lowest BCUT2D eigenvalue weighted by Gasteiger charge is -2.24. The summed E-state index contributed by atoms with van der Waals surface area (Å²) < 4.78 is 2.11. The van der Waals surface area contributed by atoms with Gasteiger partial charge in [0.2, 0.25) is 0 Å². The fraction of sp³-hybridized carbons (Fsp3) is 0.778. The summed E-state index contributed by atoms with van der Waals surface area (Å²) in [5, 5.41) is 3.47. The molecule has 1 N–H and O–H groups in total. The van der Waals surface area contributed by atoms with Gasteiger partial charge in [0.25, 0.3) is 0 Å². The van der Waals surface area contributed by atoms with E-state index in [1.807, 2.05) is 18.7 Å². The maximum absolute atomic E-state index is 4.84. The number of guanidine groups is 1. The molecule has 1 aliphatic heterocycles. The van der Waals surface area contributed by atoms with Crippen molar-refractivity contribution in [3.63, 3.8) is 0 Å². The van der Waals surface area contributed by atoms with E-state index in [1.54, 1.807) is 0 Å². The lowest BCUT2D eigenvalue weighted by atomic mass is 9.87. The highest BCUT2D eigenvalue weighted by Gasteiger charge is 2.29. The van der Waals surface area contributed by atoms with Crippen molar-refractivity contribution in [1.82, 2.24) is 19.8 Å². The molecule has 1 unspecified atom stereocenters. The number of aromatic nitrogens is 2. The van der Waals surface area contributed by atoms with Gasteiger partial charge in [-0.05, 0) is 31.6 Å².